The van der Waals surface area contributed by atoms with Crippen molar-refractivity contribution in [3.05, 3.63) is 20.8 Å². The molecule has 1 aromatic heterocycles. The second-order valence-corrected chi connectivity index (χ2v) is 8.51. The minimum atomic E-state index is 0.402. The van der Waals surface area contributed by atoms with Crippen molar-refractivity contribution in [1.82, 2.24) is 5.32 Å². The van der Waals surface area contributed by atoms with Crippen LogP contribution in [-0.2, 0) is 0 Å². The molecule has 110 valence electrons. The summed E-state index contributed by atoms with van der Waals surface area (Å²) in [5, 5.41) is 3.61. The van der Waals surface area contributed by atoms with E-state index >= 15 is 0 Å². The Bertz CT molecular complexity index is 372. The number of aryl methyl sites for hydroxylation is 1. The highest BCUT2D eigenvalue weighted by Crippen LogP contribution is 2.36. The van der Waals surface area contributed by atoms with E-state index in [1.54, 1.807) is 11.3 Å². The van der Waals surface area contributed by atoms with Crippen LogP contribution in [0, 0.1) is 18.3 Å². The fourth-order valence-corrected chi connectivity index (χ4v) is 4.04. The molecule has 0 aliphatic heterocycles. The van der Waals surface area contributed by atoms with Crippen molar-refractivity contribution in [1.29, 1.82) is 0 Å². The second kappa shape index (κ2) is 7.10. The van der Waals surface area contributed by atoms with E-state index in [0.717, 1.165) is 10.9 Å². The average molecular weight is 302 g/mol. The van der Waals surface area contributed by atoms with E-state index in [-0.39, 0.29) is 0 Å². The van der Waals surface area contributed by atoms with Crippen molar-refractivity contribution in [2.75, 3.05) is 6.54 Å². The zero-order valence-corrected chi connectivity index (χ0v) is 14.7. The van der Waals surface area contributed by atoms with Crippen LogP contribution < -0.4 is 5.32 Å². The van der Waals surface area contributed by atoms with Gasteiger partial charge in [0.2, 0.25) is 0 Å². The summed E-state index contributed by atoms with van der Waals surface area (Å²) in [5.41, 5.74) is 1.60. The highest BCUT2D eigenvalue weighted by molar-refractivity contribution is 7.16. The van der Waals surface area contributed by atoms with Gasteiger partial charge in [-0.25, -0.2) is 0 Å². The van der Waals surface area contributed by atoms with Crippen molar-refractivity contribution in [3.63, 3.8) is 0 Å². The van der Waals surface area contributed by atoms with Crippen LogP contribution >= 0.6 is 22.9 Å². The maximum Gasteiger partial charge on any atom is 0.0960 e. The van der Waals surface area contributed by atoms with Gasteiger partial charge in [0, 0.05) is 10.9 Å². The van der Waals surface area contributed by atoms with Crippen LogP contribution in [0.15, 0.2) is 6.07 Å². The lowest BCUT2D eigenvalue weighted by Crippen LogP contribution is -2.23. The first-order chi connectivity index (χ1) is 8.73. The SMILES string of the molecule is CCNC(CC(C)CC(C)(C)C)c1cc(C)c(Cl)s1. The summed E-state index contributed by atoms with van der Waals surface area (Å²) in [5.74, 6) is 0.713. The van der Waals surface area contributed by atoms with E-state index in [2.05, 4.69) is 52.9 Å². The Morgan fingerprint density at radius 1 is 1.37 bits per heavy atom. The summed E-state index contributed by atoms with van der Waals surface area (Å²) in [6.45, 7) is 14.6. The van der Waals surface area contributed by atoms with E-state index in [4.69, 9.17) is 11.6 Å². The molecule has 0 fully saturated rings. The first-order valence-electron chi connectivity index (χ1n) is 7.22. The highest BCUT2D eigenvalue weighted by Gasteiger charge is 2.21. The van der Waals surface area contributed by atoms with Crippen LogP contribution in [0.1, 0.15) is 63.9 Å². The molecule has 2 unspecified atom stereocenters. The zero-order valence-electron chi connectivity index (χ0n) is 13.1. The lowest BCUT2D eigenvalue weighted by Gasteiger charge is -2.26. The van der Waals surface area contributed by atoms with Gasteiger partial charge < -0.3 is 5.32 Å². The minimum Gasteiger partial charge on any atom is -0.310 e. The van der Waals surface area contributed by atoms with Crippen LogP contribution in [0.2, 0.25) is 4.34 Å². The molecule has 0 saturated heterocycles. The first-order valence-corrected chi connectivity index (χ1v) is 8.41. The Balaban J connectivity index is 2.72. The highest BCUT2D eigenvalue weighted by atomic mass is 35.5. The summed E-state index contributed by atoms with van der Waals surface area (Å²) < 4.78 is 0.932. The molecule has 0 spiro atoms. The predicted octanol–water partition coefficient (Wildman–Crippen LogP) is 5.82. The largest absolute Gasteiger partial charge is 0.310 e. The summed E-state index contributed by atoms with van der Waals surface area (Å²) in [6, 6.07) is 2.68. The molecule has 1 rings (SSSR count). The van der Waals surface area contributed by atoms with Gasteiger partial charge in [0.25, 0.3) is 0 Å². The molecule has 1 aromatic rings. The molecular formula is C16H28ClNS. The molecule has 3 heteroatoms. The van der Waals surface area contributed by atoms with Crippen LogP contribution in [-0.4, -0.2) is 6.54 Å². The molecule has 0 radical (unpaired) electrons. The fraction of sp³-hybridized carbons (Fsp3) is 0.750. The van der Waals surface area contributed by atoms with Gasteiger partial charge in [0.15, 0.2) is 0 Å². The zero-order chi connectivity index (χ0) is 14.6. The predicted molar refractivity (Wildman–Crippen MR) is 88.3 cm³/mol. The number of rotatable bonds is 6. The topological polar surface area (TPSA) is 12.0 Å². The summed E-state index contributed by atoms with van der Waals surface area (Å²) in [7, 11) is 0. The molecule has 2 atom stereocenters. The normalized spacial score (nSPS) is 15.5. The molecule has 0 aromatic carbocycles. The molecule has 0 aliphatic rings. The van der Waals surface area contributed by atoms with Gasteiger partial charge in [-0.3, -0.25) is 0 Å². The Kier molecular flexibility index (Phi) is 6.35. The third-order valence-electron chi connectivity index (χ3n) is 3.27. The Hall–Kier alpha value is -0.0500. The van der Waals surface area contributed by atoms with Crippen molar-refractivity contribution >= 4 is 22.9 Å². The molecule has 0 bridgehead atoms. The molecule has 19 heavy (non-hydrogen) atoms. The standard InChI is InChI=1S/C16H28ClNS/c1-7-18-13(8-11(2)10-16(4,5)6)14-9-12(3)15(17)19-14/h9,11,13,18H,7-8,10H2,1-6H3. The van der Waals surface area contributed by atoms with Crippen molar-refractivity contribution in [3.8, 4) is 0 Å². The van der Waals surface area contributed by atoms with Crippen LogP contribution in [0.5, 0.6) is 0 Å². The van der Waals surface area contributed by atoms with Crippen LogP contribution in [0.4, 0.5) is 0 Å². The summed E-state index contributed by atoms with van der Waals surface area (Å²) in [4.78, 5) is 1.38. The van der Waals surface area contributed by atoms with E-state index in [0.29, 0.717) is 17.4 Å². The second-order valence-electron chi connectivity index (χ2n) is 6.82. The number of thiophene rings is 1. The lowest BCUT2D eigenvalue weighted by atomic mass is 9.82. The van der Waals surface area contributed by atoms with Crippen molar-refractivity contribution in [2.24, 2.45) is 11.3 Å². The fourth-order valence-electron chi connectivity index (χ4n) is 2.73. The molecule has 1 nitrogen and oxygen atoms in total. The monoisotopic (exact) mass is 301 g/mol. The Morgan fingerprint density at radius 3 is 2.42 bits per heavy atom. The van der Waals surface area contributed by atoms with Gasteiger partial charge in [-0.2, -0.15) is 0 Å². The number of hydrogen-bond acceptors (Lipinski definition) is 2. The van der Waals surface area contributed by atoms with Crippen molar-refractivity contribution in [2.45, 2.75) is 60.4 Å². The van der Waals surface area contributed by atoms with Crippen LogP contribution in [0.25, 0.3) is 0 Å². The van der Waals surface area contributed by atoms with Gasteiger partial charge in [-0.15, -0.1) is 11.3 Å². The molecule has 0 saturated carbocycles. The molecule has 0 amide bonds. The number of nitrogens with one attached hydrogen (secondary N) is 1. The summed E-state index contributed by atoms with van der Waals surface area (Å²) in [6.07, 6.45) is 2.44. The quantitative estimate of drug-likeness (QED) is 0.697. The first kappa shape index (κ1) is 17.0. The van der Waals surface area contributed by atoms with E-state index in [1.165, 1.54) is 23.3 Å². The van der Waals surface area contributed by atoms with Gasteiger partial charge in [-0.1, -0.05) is 46.2 Å². The Morgan fingerprint density at radius 2 is 2.00 bits per heavy atom. The van der Waals surface area contributed by atoms with E-state index < -0.39 is 0 Å². The third kappa shape index (κ3) is 5.85. The number of halogens is 1. The lowest BCUT2D eigenvalue weighted by molar-refractivity contribution is 0.277. The molecule has 1 heterocycles. The minimum absolute atomic E-state index is 0.402. The maximum atomic E-state index is 6.21. The summed E-state index contributed by atoms with van der Waals surface area (Å²) >= 11 is 7.93. The Labute approximate surface area is 127 Å². The molecule has 1 N–H and O–H groups in total. The molecule has 0 aliphatic carbocycles. The third-order valence-corrected chi connectivity index (χ3v) is 4.94. The van der Waals surface area contributed by atoms with Crippen LogP contribution in [0.3, 0.4) is 0 Å². The van der Waals surface area contributed by atoms with E-state index in [1.807, 2.05) is 0 Å². The van der Waals surface area contributed by atoms with Gasteiger partial charge in [-0.05, 0) is 49.3 Å². The average Bonchev–Trinajstić information content (AvgIpc) is 2.56. The smallest absolute Gasteiger partial charge is 0.0960 e. The molecular weight excluding hydrogens is 274 g/mol. The van der Waals surface area contributed by atoms with Gasteiger partial charge in [0.05, 0.1) is 4.34 Å². The van der Waals surface area contributed by atoms with Gasteiger partial charge in [0.1, 0.15) is 0 Å². The van der Waals surface area contributed by atoms with Crippen molar-refractivity contribution < 1.29 is 0 Å². The maximum absolute atomic E-state index is 6.21. The van der Waals surface area contributed by atoms with E-state index in [9.17, 15) is 0 Å². The van der Waals surface area contributed by atoms with Gasteiger partial charge >= 0.3 is 0 Å². The number of hydrogen-bond donors (Lipinski definition) is 1.